The van der Waals surface area contributed by atoms with E-state index in [0.717, 1.165) is 43.7 Å². The Morgan fingerprint density at radius 2 is 1.72 bits per heavy atom. The van der Waals surface area contributed by atoms with Crippen molar-refractivity contribution in [2.75, 3.05) is 13.1 Å². The van der Waals surface area contributed by atoms with E-state index in [1.807, 2.05) is 0 Å². The fourth-order valence-electron chi connectivity index (χ4n) is 2.80. The van der Waals surface area contributed by atoms with Gasteiger partial charge in [-0.15, -0.1) is 0 Å². The van der Waals surface area contributed by atoms with Gasteiger partial charge >= 0.3 is 0 Å². The van der Waals surface area contributed by atoms with E-state index in [0.29, 0.717) is 5.91 Å². The lowest BCUT2D eigenvalue weighted by atomic mass is 9.86. The van der Waals surface area contributed by atoms with Crippen LogP contribution in [0.5, 0.6) is 0 Å². The minimum absolute atomic E-state index is 0.390. The number of hydrogen-bond donors (Lipinski definition) is 0. The molecule has 2 nitrogen and oxygen atoms in total. The van der Waals surface area contributed by atoms with Crippen LogP contribution in [-0.4, -0.2) is 23.9 Å². The molecule has 0 N–H and O–H groups in total. The zero-order valence-electron chi connectivity index (χ0n) is 12.7. The van der Waals surface area contributed by atoms with E-state index in [2.05, 4.69) is 32.6 Å². The molecule has 0 saturated carbocycles. The van der Waals surface area contributed by atoms with Gasteiger partial charge in [0.05, 0.1) is 0 Å². The van der Waals surface area contributed by atoms with Crippen LogP contribution in [0.4, 0.5) is 0 Å². The van der Waals surface area contributed by atoms with Crippen molar-refractivity contribution in [3.8, 4) is 0 Å². The minimum atomic E-state index is 0.390. The maximum atomic E-state index is 12.0. The van der Waals surface area contributed by atoms with Crippen LogP contribution >= 0.6 is 0 Å². The maximum Gasteiger partial charge on any atom is 0.222 e. The quantitative estimate of drug-likeness (QED) is 0.653. The Kier molecular flexibility index (Phi) is 6.73. The first kappa shape index (κ1) is 15.5. The van der Waals surface area contributed by atoms with Crippen molar-refractivity contribution < 1.29 is 4.79 Å². The molecule has 18 heavy (non-hydrogen) atoms. The highest BCUT2D eigenvalue weighted by atomic mass is 16.2. The first-order valence-electron chi connectivity index (χ1n) is 7.78. The number of likely N-dealkylation sites (tertiary alicyclic amines) is 1. The average Bonchev–Trinajstić information content (AvgIpc) is 2.34. The van der Waals surface area contributed by atoms with Gasteiger partial charge in [0, 0.05) is 19.5 Å². The predicted octanol–water partition coefficient (Wildman–Crippen LogP) is 4.10. The van der Waals surface area contributed by atoms with Gasteiger partial charge in [0.25, 0.3) is 0 Å². The summed E-state index contributed by atoms with van der Waals surface area (Å²) in [5, 5.41) is 0. The van der Waals surface area contributed by atoms with Crippen molar-refractivity contribution in [3.05, 3.63) is 0 Å². The largest absolute Gasteiger partial charge is 0.343 e. The van der Waals surface area contributed by atoms with Crippen LogP contribution in [0, 0.1) is 17.8 Å². The fraction of sp³-hybridized carbons (Fsp3) is 0.938. The molecule has 0 bridgehead atoms. The molecule has 1 aliphatic heterocycles. The smallest absolute Gasteiger partial charge is 0.222 e. The third-order valence-electron chi connectivity index (χ3n) is 4.26. The highest BCUT2D eigenvalue weighted by Gasteiger charge is 2.23. The monoisotopic (exact) mass is 253 g/mol. The number of piperidine rings is 1. The highest BCUT2D eigenvalue weighted by Crippen LogP contribution is 2.24. The van der Waals surface area contributed by atoms with Crippen LogP contribution in [0.2, 0.25) is 0 Å². The standard InChI is InChI=1S/C16H31NO/c1-13(2)7-5-6-8-16(18)17-11-9-15(10-12-17)14(3)4/h13-15H,5-12H2,1-4H3. The summed E-state index contributed by atoms with van der Waals surface area (Å²) in [7, 11) is 0. The van der Waals surface area contributed by atoms with Crippen LogP contribution in [0.15, 0.2) is 0 Å². The van der Waals surface area contributed by atoms with Crippen LogP contribution < -0.4 is 0 Å². The van der Waals surface area contributed by atoms with Crippen molar-refractivity contribution in [1.82, 2.24) is 4.90 Å². The van der Waals surface area contributed by atoms with Crippen molar-refractivity contribution in [3.63, 3.8) is 0 Å². The van der Waals surface area contributed by atoms with Gasteiger partial charge < -0.3 is 4.90 Å². The highest BCUT2D eigenvalue weighted by molar-refractivity contribution is 5.76. The van der Waals surface area contributed by atoms with E-state index in [4.69, 9.17) is 0 Å². The van der Waals surface area contributed by atoms with Gasteiger partial charge in [-0.1, -0.05) is 40.5 Å². The number of unbranched alkanes of at least 4 members (excludes halogenated alkanes) is 1. The van der Waals surface area contributed by atoms with E-state index in [-0.39, 0.29) is 0 Å². The Labute approximate surface area is 113 Å². The molecule has 0 atom stereocenters. The molecule has 1 aliphatic rings. The SMILES string of the molecule is CC(C)CCCCC(=O)N1CCC(C(C)C)CC1. The van der Waals surface area contributed by atoms with Crippen molar-refractivity contribution in [2.45, 2.75) is 66.2 Å². The Bertz CT molecular complexity index is 239. The Hall–Kier alpha value is -0.530. The van der Waals surface area contributed by atoms with Crippen LogP contribution in [0.3, 0.4) is 0 Å². The molecule has 0 spiro atoms. The molecular formula is C16H31NO. The Balaban J connectivity index is 2.16. The van der Waals surface area contributed by atoms with Crippen LogP contribution in [-0.2, 0) is 4.79 Å². The molecule has 1 rings (SSSR count). The van der Waals surface area contributed by atoms with Gasteiger partial charge in [-0.05, 0) is 37.0 Å². The molecule has 2 heteroatoms. The third-order valence-corrected chi connectivity index (χ3v) is 4.26. The summed E-state index contributed by atoms with van der Waals surface area (Å²) >= 11 is 0. The van der Waals surface area contributed by atoms with Gasteiger partial charge in [0.2, 0.25) is 5.91 Å². The molecule has 1 heterocycles. The van der Waals surface area contributed by atoms with Gasteiger partial charge in [-0.25, -0.2) is 0 Å². The molecule has 1 saturated heterocycles. The van der Waals surface area contributed by atoms with Gasteiger partial charge in [-0.2, -0.15) is 0 Å². The summed E-state index contributed by atoms with van der Waals surface area (Å²) in [5.41, 5.74) is 0. The van der Waals surface area contributed by atoms with E-state index in [1.165, 1.54) is 25.7 Å². The number of amides is 1. The number of nitrogens with zero attached hydrogens (tertiary/aromatic N) is 1. The second-order valence-corrected chi connectivity index (χ2v) is 6.60. The summed E-state index contributed by atoms with van der Waals surface area (Å²) in [6, 6.07) is 0. The lowest BCUT2D eigenvalue weighted by Crippen LogP contribution is -2.39. The minimum Gasteiger partial charge on any atom is -0.343 e. The molecule has 0 aliphatic carbocycles. The number of hydrogen-bond acceptors (Lipinski definition) is 1. The van der Waals surface area contributed by atoms with Crippen molar-refractivity contribution in [1.29, 1.82) is 0 Å². The number of carbonyl (C=O) groups excluding carboxylic acids is 1. The summed E-state index contributed by atoms with van der Waals surface area (Å²) in [5.74, 6) is 2.76. The first-order valence-corrected chi connectivity index (χ1v) is 7.78. The second-order valence-electron chi connectivity index (χ2n) is 6.60. The molecule has 0 unspecified atom stereocenters. The molecule has 1 amide bonds. The lowest BCUT2D eigenvalue weighted by molar-refractivity contribution is -0.132. The predicted molar refractivity (Wildman–Crippen MR) is 77.4 cm³/mol. The lowest BCUT2D eigenvalue weighted by Gasteiger charge is -2.34. The Morgan fingerprint density at radius 3 is 2.22 bits per heavy atom. The zero-order chi connectivity index (χ0) is 13.5. The van der Waals surface area contributed by atoms with Gasteiger partial charge in [-0.3, -0.25) is 4.79 Å². The summed E-state index contributed by atoms with van der Waals surface area (Å²) in [6.45, 7) is 11.1. The average molecular weight is 253 g/mol. The topological polar surface area (TPSA) is 20.3 Å². The molecule has 1 fully saturated rings. The van der Waals surface area contributed by atoms with E-state index >= 15 is 0 Å². The first-order chi connectivity index (χ1) is 8.50. The second kappa shape index (κ2) is 7.81. The molecular weight excluding hydrogens is 222 g/mol. The van der Waals surface area contributed by atoms with E-state index in [9.17, 15) is 4.79 Å². The van der Waals surface area contributed by atoms with Crippen LogP contribution in [0.1, 0.15) is 66.2 Å². The molecule has 0 radical (unpaired) electrons. The van der Waals surface area contributed by atoms with Gasteiger partial charge in [0.1, 0.15) is 0 Å². The maximum absolute atomic E-state index is 12.0. The van der Waals surface area contributed by atoms with E-state index < -0.39 is 0 Å². The summed E-state index contributed by atoms with van der Waals surface area (Å²) < 4.78 is 0. The Morgan fingerprint density at radius 1 is 1.11 bits per heavy atom. The van der Waals surface area contributed by atoms with E-state index in [1.54, 1.807) is 0 Å². The fourth-order valence-corrected chi connectivity index (χ4v) is 2.80. The van der Waals surface area contributed by atoms with Gasteiger partial charge in [0.15, 0.2) is 0 Å². The molecule has 0 aromatic rings. The third kappa shape index (κ3) is 5.41. The van der Waals surface area contributed by atoms with Crippen molar-refractivity contribution in [2.24, 2.45) is 17.8 Å². The molecule has 0 aromatic carbocycles. The zero-order valence-corrected chi connectivity index (χ0v) is 12.7. The van der Waals surface area contributed by atoms with Crippen LogP contribution in [0.25, 0.3) is 0 Å². The summed E-state index contributed by atoms with van der Waals surface area (Å²) in [6.07, 6.45) is 6.69. The number of rotatable bonds is 6. The van der Waals surface area contributed by atoms with Crippen molar-refractivity contribution >= 4 is 5.91 Å². The number of carbonyl (C=O) groups is 1. The summed E-state index contributed by atoms with van der Waals surface area (Å²) in [4.78, 5) is 14.1. The molecule has 0 aromatic heterocycles. The molecule has 106 valence electrons. The normalized spacial score (nSPS) is 17.8.